The zero-order chi connectivity index (χ0) is 19.8. The SMILES string of the molecule is CC1(C)OB(c2cnc(N3CCN(CCN)C[C@@H]3C(=O)O)nc2)OC1(C)C. The first-order valence-corrected chi connectivity index (χ1v) is 9.24. The van der Waals surface area contributed by atoms with Crippen molar-refractivity contribution in [1.29, 1.82) is 0 Å². The first kappa shape index (κ1) is 20.0. The summed E-state index contributed by atoms with van der Waals surface area (Å²) in [5.41, 5.74) is 5.42. The average molecular weight is 377 g/mol. The molecule has 3 N–H and O–H groups in total. The molecule has 0 radical (unpaired) electrons. The highest BCUT2D eigenvalue weighted by Gasteiger charge is 2.52. The maximum atomic E-state index is 11.7. The molecule has 1 atom stereocenters. The standard InChI is InChI=1S/C17H28BN5O4/c1-16(2)17(3,4)27-18(26-16)12-9-20-15(21-10-12)23-8-7-22(6-5-19)11-13(23)14(24)25/h9-10,13H,5-8,11,19H2,1-4H3,(H,24,25)/t13-/m1/s1. The lowest BCUT2D eigenvalue weighted by Gasteiger charge is -2.39. The molecule has 0 amide bonds. The van der Waals surface area contributed by atoms with Gasteiger partial charge in [-0.25, -0.2) is 14.8 Å². The maximum Gasteiger partial charge on any atom is 0.498 e. The minimum Gasteiger partial charge on any atom is -0.480 e. The number of aliphatic carboxylic acids is 1. The number of carboxylic acid groups (broad SMARTS) is 1. The predicted molar refractivity (Wildman–Crippen MR) is 102 cm³/mol. The van der Waals surface area contributed by atoms with Crippen LogP contribution < -0.4 is 16.1 Å². The summed E-state index contributed by atoms with van der Waals surface area (Å²) < 4.78 is 12.0. The van der Waals surface area contributed by atoms with Crippen LogP contribution in [0.2, 0.25) is 0 Å². The maximum absolute atomic E-state index is 11.7. The first-order chi connectivity index (χ1) is 12.6. The number of hydrogen-bond acceptors (Lipinski definition) is 8. The van der Waals surface area contributed by atoms with Crippen molar-refractivity contribution < 1.29 is 19.2 Å². The van der Waals surface area contributed by atoms with Crippen LogP contribution in [0.4, 0.5) is 5.95 Å². The number of nitrogens with zero attached hydrogens (tertiary/aromatic N) is 4. The zero-order valence-electron chi connectivity index (χ0n) is 16.4. The Morgan fingerprint density at radius 3 is 2.37 bits per heavy atom. The molecule has 0 aliphatic carbocycles. The van der Waals surface area contributed by atoms with Crippen LogP contribution in [0.25, 0.3) is 0 Å². The van der Waals surface area contributed by atoms with Crippen molar-refractivity contribution in [3.8, 4) is 0 Å². The Kier molecular flexibility index (Phi) is 5.44. The number of nitrogens with two attached hydrogens (primary N) is 1. The summed E-state index contributed by atoms with van der Waals surface area (Å²) in [6.45, 7) is 10.8. The fourth-order valence-corrected chi connectivity index (χ4v) is 3.26. The van der Waals surface area contributed by atoms with Gasteiger partial charge in [0.05, 0.1) is 11.2 Å². The van der Waals surface area contributed by atoms with Crippen LogP contribution in [0.5, 0.6) is 0 Å². The van der Waals surface area contributed by atoms with E-state index in [0.717, 1.165) is 6.54 Å². The molecule has 10 heteroatoms. The molecule has 3 heterocycles. The largest absolute Gasteiger partial charge is 0.498 e. The second-order valence-corrected chi connectivity index (χ2v) is 8.04. The molecular weight excluding hydrogens is 349 g/mol. The Morgan fingerprint density at radius 1 is 1.26 bits per heavy atom. The van der Waals surface area contributed by atoms with E-state index in [1.165, 1.54) is 0 Å². The van der Waals surface area contributed by atoms with Gasteiger partial charge in [-0.15, -0.1) is 0 Å². The van der Waals surface area contributed by atoms with Gasteiger partial charge in [-0.2, -0.15) is 0 Å². The van der Waals surface area contributed by atoms with Crippen LogP contribution in [0.3, 0.4) is 0 Å². The van der Waals surface area contributed by atoms with E-state index in [1.54, 1.807) is 17.3 Å². The molecule has 2 saturated heterocycles. The molecule has 9 nitrogen and oxygen atoms in total. The van der Waals surface area contributed by atoms with Crippen molar-refractivity contribution in [2.24, 2.45) is 5.73 Å². The summed E-state index contributed by atoms with van der Waals surface area (Å²) in [7, 11) is -0.541. The van der Waals surface area contributed by atoms with Gasteiger partial charge in [0.2, 0.25) is 5.95 Å². The number of rotatable bonds is 5. The predicted octanol–water partition coefficient (Wildman–Crippen LogP) is -0.690. The Bertz CT molecular complexity index is 668. The molecule has 3 rings (SSSR count). The fraction of sp³-hybridized carbons (Fsp3) is 0.706. The molecule has 0 spiro atoms. The van der Waals surface area contributed by atoms with Gasteiger partial charge < -0.3 is 25.0 Å². The van der Waals surface area contributed by atoms with Gasteiger partial charge >= 0.3 is 13.1 Å². The lowest BCUT2D eigenvalue weighted by Crippen LogP contribution is -2.57. The van der Waals surface area contributed by atoms with Gasteiger partial charge in [0.25, 0.3) is 0 Å². The van der Waals surface area contributed by atoms with Crippen molar-refractivity contribution in [2.45, 2.75) is 44.9 Å². The molecule has 2 fully saturated rings. The Morgan fingerprint density at radius 2 is 1.85 bits per heavy atom. The molecule has 0 saturated carbocycles. The van der Waals surface area contributed by atoms with E-state index in [0.29, 0.717) is 37.6 Å². The third-order valence-electron chi connectivity index (χ3n) is 5.64. The van der Waals surface area contributed by atoms with Gasteiger partial charge in [-0.1, -0.05) is 0 Å². The van der Waals surface area contributed by atoms with Crippen LogP contribution in [0.1, 0.15) is 27.7 Å². The highest BCUT2D eigenvalue weighted by molar-refractivity contribution is 6.61. The second kappa shape index (κ2) is 7.35. The Labute approximate surface area is 160 Å². The number of carboxylic acids is 1. The Balaban J connectivity index is 1.74. The smallest absolute Gasteiger partial charge is 0.480 e. The monoisotopic (exact) mass is 377 g/mol. The van der Waals surface area contributed by atoms with Crippen molar-refractivity contribution >= 4 is 24.5 Å². The van der Waals surface area contributed by atoms with E-state index in [-0.39, 0.29) is 0 Å². The number of piperazine rings is 1. The lowest BCUT2D eigenvalue weighted by atomic mass is 9.81. The summed E-state index contributed by atoms with van der Waals surface area (Å²) in [6, 6.07) is -0.701. The highest BCUT2D eigenvalue weighted by atomic mass is 16.7. The van der Waals surface area contributed by atoms with E-state index in [9.17, 15) is 9.90 Å². The molecule has 1 aromatic heterocycles. The van der Waals surface area contributed by atoms with Gasteiger partial charge in [0.1, 0.15) is 6.04 Å². The number of anilines is 1. The van der Waals surface area contributed by atoms with E-state index >= 15 is 0 Å². The van der Waals surface area contributed by atoms with E-state index in [1.807, 2.05) is 32.6 Å². The normalized spacial score (nSPS) is 25.0. The van der Waals surface area contributed by atoms with E-state index in [2.05, 4.69) is 9.97 Å². The molecule has 1 aromatic rings. The average Bonchev–Trinajstić information content (AvgIpc) is 2.83. The third-order valence-corrected chi connectivity index (χ3v) is 5.64. The molecule has 148 valence electrons. The quantitative estimate of drug-likeness (QED) is 0.644. The number of hydrogen-bond donors (Lipinski definition) is 2. The van der Waals surface area contributed by atoms with Crippen LogP contribution >= 0.6 is 0 Å². The minimum absolute atomic E-state index is 0.398. The van der Waals surface area contributed by atoms with Crippen molar-refractivity contribution in [1.82, 2.24) is 14.9 Å². The van der Waals surface area contributed by atoms with Gasteiger partial charge in [-0.05, 0) is 27.7 Å². The second-order valence-electron chi connectivity index (χ2n) is 8.04. The molecule has 0 unspecified atom stereocenters. The summed E-state index contributed by atoms with van der Waals surface area (Å²) in [6.07, 6.45) is 3.30. The highest BCUT2D eigenvalue weighted by Crippen LogP contribution is 2.36. The lowest BCUT2D eigenvalue weighted by molar-refractivity contribution is -0.139. The number of carbonyl (C=O) groups is 1. The molecular formula is C17H28BN5O4. The summed E-state index contributed by atoms with van der Waals surface area (Å²) in [4.78, 5) is 24.3. The third kappa shape index (κ3) is 3.93. The summed E-state index contributed by atoms with van der Waals surface area (Å²) in [5, 5.41) is 9.60. The van der Waals surface area contributed by atoms with E-state index < -0.39 is 30.3 Å². The topological polar surface area (TPSA) is 114 Å². The zero-order valence-corrected chi connectivity index (χ0v) is 16.4. The summed E-state index contributed by atoms with van der Waals surface area (Å²) in [5.74, 6) is -0.495. The number of aromatic nitrogens is 2. The van der Waals surface area contributed by atoms with Gasteiger partial charge in [-0.3, -0.25) is 4.90 Å². The molecule has 2 aliphatic rings. The van der Waals surface area contributed by atoms with Gasteiger partial charge in [0, 0.05) is 50.6 Å². The summed E-state index contributed by atoms with van der Waals surface area (Å²) >= 11 is 0. The van der Waals surface area contributed by atoms with Crippen molar-refractivity contribution in [3.05, 3.63) is 12.4 Å². The van der Waals surface area contributed by atoms with Gasteiger partial charge in [0.15, 0.2) is 0 Å². The molecule has 0 aromatic carbocycles. The first-order valence-electron chi connectivity index (χ1n) is 9.24. The van der Waals surface area contributed by atoms with E-state index in [4.69, 9.17) is 15.0 Å². The Hall–Kier alpha value is -1.75. The minimum atomic E-state index is -0.893. The molecule has 2 aliphatic heterocycles. The van der Waals surface area contributed by atoms with Crippen molar-refractivity contribution in [2.75, 3.05) is 37.6 Å². The van der Waals surface area contributed by atoms with Crippen molar-refractivity contribution in [3.63, 3.8) is 0 Å². The van der Waals surface area contributed by atoms with Crippen LogP contribution in [0.15, 0.2) is 12.4 Å². The molecule has 0 bridgehead atoms. The molecule has 27 heavy (non-hydrogen) atoms. The van der Waals surface area contributed by atoms with Crippen LogP contribution in [-0.2, 0) is 14.1 Å². The fourth-order valence-electron chi connectivity index (χ4n) is 3.26. The van der Waals surface area contributed by atoms with Crippen LogP contribution in [-0.4, -0.2) is 83.0 Å². The van der Waals surface area contributed by atoms with Crippen LogP contribution in [0, 0.1) is 0 Å².